The number of hydrogen-bond donors (Lipinski definition) is 2. The number of halogens is 2. The SMILES string of the molecule is CNc1nc(NC(C)c2ccccn2)c(F)cc1F. The zero-order chi connectivity index (χ0) is 13.8. The van der Waals surface area contributed by atoms with Gasteiger partial charge >= 0.3 is 0 Å². The molecule has 0 spiro atoms. The van der Waals surface area contributed by atoms with Gasteiger partial charge < -0.3 is 10.6 Å². The Kier molecular flexibility index (Phi) is 3.89. The van der Waals surface area contributed by atoms with Gasteiger partial charge in [-0.2, -0.15) is 0 Å². The van der Waals surface area contributed by atoms with E-state index in [1.807, 2.05) is 19.1 Å². The molecule has 2 aromatic rings. The Labute approximate surface area is 109 Å². The van der Waals surface area contributed by atoms with Crippen molar-refractivity contribution < 1.29 is 8.78 Å². The highest BCUT2D eigenvalue weighted by Crippen LogP contribution is 2.22. The Bertz CT molecular complexity index is 560. The molecule has 2 N–H and O–H groups in total. The topological polar surface area (TPSA) is 49.8 Å². The van der Waals surface area contributed by atoms with Crippen LogP contribution < -0.4 is 10.6 Å². The summed E-state index contributed by atoms with van der Waals surface area (Å²) in [7, 11) is 1.52. The maximum Gasteiger partial charge on any atom is 0.168 e. The molecule has 0 radical (unpaired) electrons. The van der Waals surface area contributed by atoms with Crippen LogP contribution in [0.2, 0.25) is 0 Å². The van der Waals surface area contributed by atoms with Crippen molar-refractivity contribution in [2.75, 3.05) is 17.7 Å². The Morgan fingerprint density at radius 2 is 1.89 bits per heavy atom. The maximum absolute atomic E-state index is 13.6. The van der Waals surface area contributed by atoms with Gasteiger partial charge in [0.1, 0.15) is 0 Å². The maximum atomic E-state index is 13.6. The van der Waals surface area contributed by atoms with E-state index in [0.717, 1.165) is 11.8 Å². The molecule has 100 valence electrons. The van der Waals surface area contributed by atoms with Crippen molar-refractivity contribution in [1.82, 2.24) is 9.97 Å². The van der Waals surface area contributed by atoms with Gasteiger partial charge in [0.25, 0.3) is 0 Å². The first-order valence-electron chi connectivity index (χ1n) is 5.83. The van der Waals surface area contributed by atoms with Crippen molar-refractivity contribution in [2.45, 2.75) is 13.0 Å². The van der Waals surface area contributed by atoms with Crippen LogP contribution in [-0.4, -0.2) is 17.0 Å². The van der Waals surface area contributed by atoms with Crippen LogP contribution >= 0.6 is 0 Å². The van der Waals surface area contributed by atoms with Crippen molar-refractivity contribution in [3.63, 3.8) is 0 Å². The van der Waals surface area contributed by atoms with E-state index in [0.29, 0.717) is 0 Å². The van der Waals surface area contributed by atoms with E-state index in [4.69, 9.17) is 0 Å². The molecule has 2 aromatic heterocycles. The zero-order valence-electron chi connectivity index (χ0n) is 10.6. The second-order valence-electron chi connectivity index (χ2n) is 4.02. The third-order valence-corrected chi connectivity index (χ3v) is 2.65. The lowest BCUT2D eigenvalue weighted by Gasteiger charge is -2.15. The van der Waals surface area contributed by atoms with Gasteiger partial charge in [0, 0.05) is 19.3 Å². The molecule has 1 unspecified atom stereocenters. The molecular formula is C13H14F2N4. The fourth-order valence-electron chi connectivity index (χ4n) is 1.65. The van der Waals surface area contributed by atoms with E-state index in [9.17, 15) is 8.78 Å². The fourth-order valence-corrected chi connectivity index (χ4v) is 1.65. The van der Waals surface area contributed by atoms with Crippen LogP contribution in [0.4, 0.5) is 20.4 Å². The Balaban J connectivity index is 2.24. The number of aromatic nitrogens is 2. The lowest BCUT2D eigenvalue weighted by atomic mass is 10.2. The predicted octanol–water partition coefficient (Wildman–Crippen LogP) is 2.97. The monoisotopic (exact) mass is 264 g/mol. The summed E-state index contributed by atoms with van der Waals surface area (Å²) in [6.45, 7) is 1.83. The van der Waals surface area contributed by atoms with Crippen LogP contribution in [0.1, 0.15) is 18.7 Å². The van der Waals surface area contributed by atoms with Crippen molar-refractivity contribution in [1.29, 1.82) is 0 Å². The van der Waals surface area contributed by atoms with Crippen molar-refractivity contribution >= 4 is 11.6 Å². The molecule has 1 atom stereocenters. The summed E-state index contributed by atoms with van der Waals surface area (Å²) < 4.78 is 26.9. The van der Waals surface area contributed by atoms with Crippen LogP contribution in [-0.2, 0) is 0 Å². The molecule has 0 amide bonds. The Morgan fingerprint density at radius 1 is 1.16 bits per heavy atom. The Morgan fingerprint density at radius 3 is 2.53 bits per heavy atom. The second-order valence-corrected chi connectivity index (χ2v) is 4.02. The number of rotatable bonds is 4. The van der Waals surface area contributed by atoms with Gasteiger partial charge in [-0.3, -0.25) is 4.98 Å². The van der Waals surface area contributed by atoms with E-state index < -0.39 is 11.6 Å². The van der Waals surface area contributed by atoms with Crippen molar-refractivity contribution in [3.05, 3.63) is 47.8 Å². The summed E-state index contributed by atoms with van der Waals surface area (Å²) in [6, 6.07) is 6.02. The molecule has 0 aliphatic heterocycles. The predicted molar refractivity (Wildman–Crippen MR) is 70.0 cm³/mol. The summed E-state index contributed by atoms with van der Waals surface area (Å²) in [5.41, 5.74) is 0.749. The minimum Gasteiger partial charge on any atom is -0.371 e. The minimum absolute atomic E-state index is 0.00267. The van der Waals surface area contributed by atoms with Crippen LogP contribution in [0.25, 0.3) is 0 Å². The average Bonchev–Trinajstić information content (AvgIpc) is 2.42. The molecule has 4 nitrogen and oxygen atoms in total. The summed E-state index contributed by atoms with van der Waals surface area (Å²) in [5, 5.41) is 5.44. The van der Waals surface area contributed by atoms with E-state index in [-0.39, 0.29) is 17.7 Å². The molecule has 6 heteroatoms. The third-order valence-electron chi connectivity index (χ3n) is 2.65. The third kappa shape index (κ3) is 2.96. The fraction of sp³-hybridized carbons (Fsp3) is 0.231. The first-order chi connectivity index (χ1) is 9.11. The first kappa shape index (κ1) is 13.2. The van der Waals surface area contributed by atoms with Crippen LogP contribution in [0.5, 0.6) is 0 Å². The molecule has 0 saturated carbocycles. The average molecular weight is 264 g/mol. The summed E-state index contributed by atoms with van der Waals surface area (Å²) in [4.78, 5) is 8.02. The smallest absolute Gasteiger partial charge is 0.168 e. The van der Waals surface area contributed by atoms with E-state index >= 15 is 0 Å². The van der Waals surface area contributed by atoms with E-state index in [1.165, 1.54) is 7.05 Å². The van der Waals surface area contributed by atoms with Crippen LogP contribution in [0, 0.1) is 11.6 Å². The summed E-state index contributed by atoms with van der Waals surface area (Å²) >= 11 is 0. The number of nitrogens with zero attached hydrogens (tertiary/aromatic N) is 2. The van der Waals surface area contributed by atoms with E-state index in [2.05, 4.69) is 20.6 Å². The minimum atomic E-state index is -0.737. The molecular weight excluding hydrogens is 250 g/mol. The number of pyridine rings is 2. The molecule has 0 bridgehead atoms. The molecule has 0 aromatic carbocycles. The normalized spacial score (nSPS) is 12.0. The molecule has 19 heavy (non-hydrogen) atoms. The van der Waals surface area contributed by atoms with Gasteiger partial charge in [0.2, 0.25) is 0 Å². The van der Waals surface area contributed by atoms with Crippen molar-refractivity contribution in [3.8, 4) is 0 Å². The molecule has 2 rings (SSSR count). The second kappa shape index (κ2) is 5.60. The van der Waals surface area contributed by atoms with Gasteiger partial charge in [-0.1, -0.05) is 6.07 Å². The molecule has 0 aliphatic carbocycles. The first-order valence-corrected chi connectivity index (χ1v) is 5.83. The van der Waals surface area contributed by atoms with Gasteiger partial charge in [0.05, 0.1) is 11.7 Å². The summed E-state index contributed by atoms with van der Waals surface area (Å²) in [5.74, 6) is -1.48. The number of hydrogen-bond acceptors (Lipinski definition) is 4. The highest BCUT2D eigenvalue weighted by atomic mass is 19.1. The van der Waals surface area contributed by atoms with Gasteiger partial charge in [-0.25, -0.2) is 13.8 Å². The summed E-state index contributed by atoms with van der Waals surface area (Å²) in [6.07, 6.45) is 1.65. The van der Waals surface area contributed by atoms with Gasteiger partial charge in [-0.15, -0.1) is 0 Å². The van der Waals surface area contributed by atoms with Crippen LogP contribution in [0.3, 0.4) is 0 Å². The molecule has 0 fully saturated rings. The molecule has 2 heterocycles. The molecule has 0 aliphatic rings. The quantitative estimate of drug-likeness (QED) is 0.891. The lowest BCUT2D eigenvalue weighted by Crippen LogP contribution is -2.12. The lowest BCUT2D eigenvalue weighted by molar-refractivity contribution is 0.576. The van der Waals surface area contributed by atoms with Crippen molar-refractivity contribution in [2.24, 2.45) is 0 Å². The van der Waals surface area contributed by atoms with Gasteiger partial charge in [-0.05, 0) is 19.1 Å². The molecule has 0 saturated heterocycles. The number of anilines is 2. The van der Waals surface area contributed by atoms with Crippen LogP contribution in [0.15, 0.2) is 30.5 Å². The highest BCUT2D eigenvalue weighted by molar-refractivity contribution is 5.48. The van der Waals surface area contributed by atoms with Gasteiger partial charge in [0.15, 0.2) is 23.3 Å². The highest BCUT2D eigenvalue weighted by Gasteiger charge is 2.14. The zero-order valence-corrected chi connectivity index (χ0v) is 10.6. The largest absolute Gasteiger partial charge is 0.371 e. The Hall–Kier alpha value is -2.24. The standard InChI is InChI=1S/C13H14F2N4/c1-8(11-5-3-4-6-17-11)18-13-10(15)7-9(14)12(16-2)19-13/h3-8H,1-2H3,(H2,16,18,19). The number of nitrogens with one attached hydrogen (secondary N) is 2. The van der Waals surface area contributed by atoms with E-state index in [1.54, 1.807) is 12.3 Å².